The number of amides is 1. The predicted molar refractivity (Wildman–Crippen MR) is 111 cm³/mol. The number of carbonyl (C=O) groups excluding carboxylic acids is 1. The first-order valence-corrected chi connectivity index (χ1v) is 11.2. The lowest BCUT2D eigenvalue weighted by Gasteiger charge is -2.26. The van der Waals surface area contributed by atoms with E-state index in [-0.39, 0.29) is 0 Å². The van der Waals surface area contributed by atoms with Crippen LogP contribution in [0.5, 0.6) is 0 Å². The predicted octanol–water partition coefficient (Wildman–Crippen LogP) is 6.03. The quantitative estimate of drug-likeness (QED) is 0.136. The maximum atomic E-state index is 12.3. The molecule has 0 spiro atoms. The minimum absolute atomic E-state index is 0.322. The van der Waals surface area contributed by atoms with Gasteiger partial charge in [0.15, 0.2) is 0 Å². The standard InChI is InChI=1S/C23H44NO2/c1-4-5-6-7-8-9-10-11-12-13-14-15-16-17-18-19-23(25)24(2,3)20-22-21-26-22/h11-12,22H,4-10,13-21H2,1-3H3/q+1/b12-11-. The second-order valence-corrected chi connectivity index (χ2v) is 8.55. The fourth-order valence-corrected chi connectivity index (χ4v) is 3.43. The third kappa shape index (κ3) is 12.6. The molecule has 0 aromatic rings. The van der Waals surface area contributed by atoms with E-state index in [1.807, 2.05) is 14.1 Å². The molecular weight excluding hydrogens is 322 g/mol. The van der Waals surface area contributed by atoms with Gasteiger partial charge >= 0.3 is 5.91 Å². The zero-order valence-corrected chi connectivity index (χ0v) is 17.8. The van der Waals surface area contributed by atoms with E-state index in [9.17, 15) is 4.79 Å². The summed E-state index contributed by atoms with van der Waals surface area (Å²) in [6, 6.07) is 0. The van der Waals surface area contributed by atoms with Gasteiger partial charge in [-0.25, -0.2) is 4.79 Å². The lowest BCUT2D eigenvalue weighted by Crippen LogP contribution is -2.47. The molecule has 0 aliphatic carbocycles. The highest BCUT2D eigenvalue weighted by Gasteiger charge is 2.35. The molecule has 1 saturated heterocycles. The molecule has 1 atom stereocenters. The highest BCUT2D eigenvalue weighted by molar-refractivity contribution is 5.68. The Kier molecular flexibility index (Phi) is 12.9. The van der Waals surface area contributed by atoms with E-state index < -0.39 is 0 Å². The summed E-state index contributed by atoms with van der Waals surface area (Å²) in [6.07, 6.45) is 22.7. The Balaban J connectivity index is 1.84. The van der Waals surface area contributed by atoms with Gasteiger partial charge in [0.25, 0.3) is 0 Å². The SMILES string of the molecule is CCCCCCCC/C=C\CCCCCCCC(=O)[N+](C)(C)CC1CO1. The van der Waals surface area contributed by atoms with Crippen molar-refractivity contribution < 1.29 is 14.0 Å². The number of hydrogen-bond acceptors (Lipinski definition) is 2. The lowest BCUT2D eigenvalue weighted by molar-refractivity contribution is -0.814. The first kappa shape index (κ1) is 23.4. The average molecular weight is 367 g/mol. The first-order chi connectivity index (χ1) is 12.6. The van der Waals surface area contributed by atoms with Crippen molar-refractivity contribution >= 4 is 5.91 Å². The molecule has 1 rings (SSSR count). The molecule has 1 unspecified atom stereocenters. The maximum absolute atomic E-state index is 12.3. The van der Waals surface area contributed by atoms with Crippen molar-refractivity contribution in [2.24, 2.45) is 0 Å². The van der Waals surface area contributed by atoms with Gasteiger partial charge < -0.3 is 4.74 Å². The maximum Gasteiger partial charge on any atom is 0.313 e. The second kappa shape index (κ2) is 14.4. The highest BCUT2D eigenvalue weighted by Crippen LogP contribution is 2.17. The van der Waals surface area contributed by atoms with E-state index in [2.05, 4.69) is 19.1 Å². The average Bonchev–Trinajstić information content (AvgIpc) is 3.41. The summed E-state index contributed by atoms with van der Waals surface area (Å²) in [4.78, 5) is 12.3. The normalized spacial score (nSPS) is 17.1. The van der Waals surface area contributed by atoms with Gasteiger partial charge in [-0.1, -0.05) is 70.4 Å². The molecule has 3 nitrogen and oxygen atoms in total. The van der Waals surface area contributed by atoms with E-state index in [0.717, 1.165) is 26.0 Å². The number of likely N-dealkylation sites (N-methyl/N-ethyl adjacent to an activating group) is 1. The van der Waals surface area contributed by atoms with Crippen molar-refractivity contribution in [1.82, 2.24) is 0 Å². The van der Waals surface area contributed by atoms with E-state index in [4.69, 9.17) is 4.74 Å². The van der Waals surface area contributed by atoms with Crippen LogP contribution in [0, 0.1) is 0 Å². The van der Waals surface area contributed by atoms with Crippen LogP contribution < -0.4 is 0 Å². The number of rotatable bonds is 17. The van der Waals surface area contributed by atoms with Crippen LogP contribution in [-0.2, 0) is 9.53 Å². The monoisotopic (exact) mass is 366 g/mol. The number of carbonyl (C=O) groups is 1. The largest absolute Gasteiger partial charge is 0.367 e. The number of nitrogens with zero attached hydrogens (tertiary/aromatic N) is 1. The molecule has 0 saturated carbocycles. The molecule has 3 heteroatoms. The Morgan fingerprint density at radius 1 is 0.885 bits per heavy atom. The Morgan fingerprint density at radius 3 is 1.92 bits per heavy atom. The Morgan fingerprint density at radius 2 is 1.38 bits per heavy atom. The van der Waals surface area contributed by atoms with Crippen LogP contribution in [-0.4, -0.2) is 43.7 Å². The third-order valence-electron chi connectivity index (χ3n) is 5.39. The smallest absolute Gasteiger partial charge is 0.313 e. The summed E-state index contributed by atoms with van der Waals surface area (Å²) in [5.41, 5.74) is 0. The molecule has 1 aliphatic heterocycles. The Labute approximate surface area is 162 Å². The summed E-state index contributed by atoms with van der Waals surface area (Å²) in [7, 11) is 4.03. The van der Waals surface area contributed by atoms with E-state index in [0.29, 0.717) is 16.5 Å². The minimum atomic E-state index is 0.322. The minimum Gasteiger partial charge on any atom is -0.367 e. The fraction of sp³-hybridized carbons (Fsp3) is 0.870. The summed E-state index contributed by atoms with van der Waals surface area (Å²) in [5.74, 6) is 0.359. The van der Waals surface area contributed by atoms with Crippen LogP contribution in [0.2, 0.25) is 0 Å². The van der Waals surface area contributed by atoms with Crippen molar-refractivity contribution in [3.8, 4) is 0 Å². The summed E-state index contributed by atoms with van der Waals surface area (Å²) in [5, 5.41) is 0. The molecule has 1 aliphatic rings. The summed E-state index contributed by atoms with van der Waals surface area (Å²) < 4.78 is 5.73. The number of unbranched alkanes of at least 4 members (excludes halogenated alkanes) is 11. The summed E-state index contributed by atoms with van der Waals surface area (Å²) in [6.45, 7) is 3.94. The molecule has 0 bridgehead atoms. The molecule has 152 valence electrons. The van der Waals surface area contributed by atoms with E-state index >= 15 is 0 Å². The van der Waals surface area contributed by atoms with Gasteiger partial charge in [-0.05, 0) is 32.1 Å². The van der Waals surface area contributed by atoms with Gasteiger partial charge in [-0.3, -0.25) is 4.48 Å². The number of epoxide rings is 1. The molecule has 0 N–H and O–H groups in total. The molecule has 26 heavy (non-hydrogen) atoms. The Hall–Kier alpha value is -0.670. The number of hydrogen-bond donors (Lipinski definition) is 0. The van der Waals surface area contributed by atoms with Gasteiger partial charge in [-0.15, -0.1) is 0 Å². The molecule has 1 fully saturated rings. The van der Waals surface area contributed by atoms with Crippen molar-refractivity contribution in [2.45, 2.75) is 103 Å². The Bertz CT molecular complexity index is 386. The number of ether oxygens (including phenoxy) is 1. The molecule has 0 aromatic carbocycles. The molecule has 0 aromatic heterocycles. The highest BCUT2D eigenvalue weighted by atomic mass is 16.6. The molecule has 0 radical (unpaired) electrons. The fourth-order valence-electron chi connectivity index (χ4n) is 3.43. The van der Waals surface area contributed by atoms with Crippen molar-refractivity contribution in [2.75, 3.05) is 27.2 Å². The van der Waals surface area contributed by atoms with Gasteiger partial charge in [0.1, 0.15) is 12.6 Å². The lowest BCUT2D eigenvalue weighted by atomic mass is 10.1. The topological polar surface area (TPSA) is 29.6 Å². The van der Waals surface area contributed by atoms with E-state index in [1.54, 1.807) is 0 Å². The van der Waals surface area contributed by atoms with E-state index in [1.165, 1.54) is 77.0 Å². The van der Waals surface area contributed by atoms with Crippen molar-refractivity contribution in [1.29, 1.82) is 0 Å². The van der Waals surface area contributed by atoms with Gasteiger partial charge in [0, 0.05) is 0 Å². The van der Waals surface area contributed by atoms with Crippen LogP contribution in [0.4, 0.5) is 0 Å². The van der Waals surface area contributed by atoms with Crippen molar-refractivity contribution in [3.63, 3.8) is 0 Å². The van der Waals surface area contributed by atoms with Crippen LogP contribution in [0.3, 0.4) is 0 Å². The molecular formula is C23H44NO2+. The second-order valence-electron chi connectivity index (χ2n) is 8.55. The zero-order valence-electron chi connectivity index (χ0n) is 17.8. The van der Waals surface area contributed by atoms with Crippen LogP contribution in [0.15, 0.2) is 12.2 Å². The zero-order chi connectivity index (χ0) is 19.1. The van der Waals surface area contributed by atoms with Crippen molar-refractivity contribution in [3.05, 3.63) is 12.2 Å². The van der Waals surface area contributed by atoms with Crippen LogP contribution in [0.25, 0.3) is 0 Å². The van der Waals surface area contributed by atoms with Gasteiger partial charge in [-0.2, -0.15) is 0 Å². The van der Waals surface area contributed by atoms with Gasteiger partial charge in [0.05, 0.1) is 27.1 Å². The molecule has 1 amide bonds. The first-order valence-electron chi connectivity index (χ1n) is 11.2. The van der Waals surface area contributed by atoms with Gasteiger partial charge in [0.2, 0.25) is 0 Å². The third-order valence-corrected chi connectivity index (χ3v) is 5.39. The van der Waals surface area contributed by atoms with Crippen LogP contribution in [0.1, 0.15) is 96.8 Å². The number of quaternary nitrogens is 1. The number of allylic oxidation sites excluding steroid dienone is 2. The molecule has 1 heterocycles. The summed E-state index contributed by atoms with van der Waals surface area (Å²) >= 11 is 0. The van der Waals surface area contributed by atoms with Crippen LogP contribution >= 0.6 is 0 Å².